The fourth-order valence-electron chi connectivity index (χ4n) is 2.27. The molecule has 0 aliphatic heterocycles. The summed E-state index contributed by atoms with van der Waals surface area (Å²) in [5, 5.41) is 9.11. The lowest BCUT2D eigenvalue weighted by Crippen LogP contribution is -2.14. The largest absolute Gasteiger partial charge is 0.342 e. The first-order chi connectivity index (χ1) is 11.1. The molecule has 3 N–H and O–H groups in total. The van der Waals surface area contributed by atoms with Crippen molar-refractivity contribution in [1.82, 2.24) is 15.4 Å². The summed E-state index contributed by atoms with van der Waals surface area (Å²) in [7, 11) is 0. The average Bonchev–Trinajstić information content (AvgIpc) is 2.95. The summed E-state index contributed by atoms with van der Waals surface area (Å²) in [6.07, 6.45) is 3.56. The number of nitrogens with one attached hydrogen (secondary N) is 2. The number of nitrogens with zero attached hydrogens (tertiary/aromatic N) is 1. The Morgan fingerprint density at radius 1 is 1.25 bits per heavy atom. The van der Waals surface area contributed by atoms with Gasteiger partial charge in [0, 0.05) is 17.5 Å². The van der Waals surface area contributed by atoms with Crippen LogP contribution < -0.4 is 5.48 Å². The Labute approximate surface area is 149 Å². The van der Waals surface area contributed by atoms with Gasteiger partial charge in [0.05, 0.1) is 11.0 Å². The highest BCUT2D eigenvalue weighted by Crippen LogP contribution is 2.18. The van der Waals surface area contributed by atoms with E-state index in [4.69, 9.17) is 16.8 Å². The fourth-order valence-corrected chi connectivity index (χ4v) is 2.44. The molecule has 0 spiro atoms. The summed E-state index contributed by atoms with van der Waals surface area (Å²) in [6, 6.07) is 13.3. The van der Waals surface area contributed by atoms with E-state index < -0.39 is 5.91 Å². The van der Waals surface area contributed by atoms with Crippen LogP contribution in [0.3, 0.4) is 0 Å². The van der Waals surface area contributed by atoms with Gasteiger partial charge in [0.15, 0.2) is 0 Å². The summed E-state index contributed by atoms with van der Waals surface area (Å²) in [6.45, 7) is 0. The second-order valence-electron chi connectivity index (χ2n) is 5.07. The lowest BCUT2D eigenvalue weighted by Gasteiger charge is -1.99. The molecule has 0 bridgehead atoms. The maximum Gasteiger partial charge on any atom is 0.267 e. The third kappa shape index (κ3) is 4.35. The number of imidazole rings is 1. The van der Waals surface area contributed by atoms with Crippen LogP contribution in [0.5, 0.6) is 0 Å². The minimum atomic E-state index is -0.560. The van der Waals surface area contributed by atoms with Gasteiger partial charge in [0.25, 0.3) is 5.91 Å². The third-order valence-electron chi connectivity index (χ3n) is 3.38. The Kier molecular flexibility index (Phi) is 5.98. The van der Waals surface area contributed by atoms with Gasteiger partial charge in [0.2, 0.25) is 0 Å². The number of H-pyrrole nitrogens is 1. The second kappa shape index (κ2) is 7.97. The Hall–Kier alpha value is -2.34. The maximum atomic E-state index is 10.9. The molecular weight excluding hydrogens is 349 g/mol. The molecule has 1 aromatic heterocycles. The highest BCUT2D eigenvalue weighted by Gasteiger charge is 2.04. The molecule has 0 unspecified atom stereocenters. The third-order valence-corrected chi connectivity index (χ3v) is 3.62. The first-order valence-corrected chi connectivity index (χ1v) is 7.37. The molecule has 7 heteroatoms. The number of aromatic amines is 1. The van der Waals surface area contributed by atoms with E-state index in [1.165, 1.54) is 6.08 Å². The number of aromatic nitrogens is 2. The van der Waals surface area contributed by atoms with E-state index in [0.29, 0.717) is 11.4 Å². The van der Waals surface area contributed by atoms with Crippen molar-refractivity contribution in [3.05, 3.63) is 70.5 Å². The smallest absolute Gasteiger partial charge is 0.267 e. The minimum absolute atomic E-state index is 0. The van der Waals surface area contributed by atoms with E-state index >= 15 is 0 Å². The topological polar surface area (TPSA) is 78.0 Å². The summed E-state index contributed by atoms with van der Waals surface area (Å²) in [5.74, 6) is 0.306. The predicted molar refractivity (Wildman–Crippen MR) is 96.6 cm³/mol. The lowest BCUT2D eigenvalue weighted by atomic mass is 10.1. The molecular formula is C17H15Cl2N3O2. The number of amides is 1. The van der Waals surface area contributed by atoms with Gasteiger partial charge in [-0.25, -0.2) is 10.5 Å². The van der Waals surface area contributed by atoms with Crippen molar-refractivity contribution in [2.45, 2.75) is 6.42 Å². The molecule has 5 nitrogen and oxygen atoms in total. The Balaban J connectivity index is 0.00000208. The number of hydrogen-bond acceptors (Lipinski definition) is 3. The van der Waals surface area contributed by atoms with Gasteiger partial charge in [-0.2, -0.15) is 0 Å². The summed E-state index contributed by atoms with van der Waals surface area (Å²) in [5.41, 5.74) is 5.32. The average molecular weight is 364 g/mol. The fraction of sp³-hybridized carbons (Fsp3) is 0.0588. The van der Waals surface area contributed by atoms with E-state index in [-0.39, 0.29) is 12.4 Å². The van der Waals surface area contributed by atoms with Gasteiger partial charge in [-0.15, -0.1) is 12.4 Å². The van der Waals surface area contributed by atoms with E-state index in [0.717, 1.165) is 28.0 Å². The number of rotatable bonds is 4. The van der Waals surface area contributed by atoms with Crippen LogP contribution in [0.1, 0.15) is 17.0 Å². The normalized spacial score (nSPS) is 10.8. The molecule has 1 amide bonds. The Morgan fingerprint density at radius 2 is 2.00 bits per heavy atom. The van der Waals surface area contributed by atoms with Crippen molar-refractivity contribution >= 4 is 47.0 Å². The van der Waals surface area contributed by atoms with Crippen LogP contribution in [-0.4, -0.2) is 21.1 Å². The van der Waals surface area contributed by atoms with Crippen LogP contribution in [0.25, 0.3) is 17.1 Å². The molecule has 3 rings (SSSR count). The van der Waals surface area contributed by atoms with Gasteiger partial charge < -0.3 is 4.98 Å². The van der Waals surface area contributed by atoms with Gasteiger partial charge in [-0.1, -0.05) is 35.9 Å². The number of carbonyl (C=O) groups is 1. The van der Waals surface area contributed by atoms with Crippen molar-refractivity contribution in [2.24, 2.45) is 0 Å². The van der Waals surface area contributed by atoms with Crippen LogP contribution in [0.2, 0.25) is 5.02 Å². The quantitative estimate of drug-likeness (QED) is 0.375. The zero-order chi connectivity index (χ0) is 16.2. The summed E-state index contributed by atoms with van der Waals surface area (Å²) >= 11 is 5.97. The van der Waals surface area contributed by atoms with E-state index in [2.05, 4.69) is 9.97 Å². The van der Waals surface area contributed by atoms with Crippen molar-refractivity contribution < 1.29 is 10.0 Å². The van der Waals surface area contributed by atoms with E-state index in [9.17, 15) is 4.79 Å². The van der Waals surface area contributed by atoms with Crippen LogP contribution in [0.15, 0.2) is 48.5 Å². The molecule has 1 heterocycles. The SMILES string of the molecule is Cl.O=C(/C=C/c1ccc(Cc2nc3ccc(Cl)cc3[nH]2)cc1)NO. The molecule has 3 aromatic rings. The standard InChI is InChI=1S/C17H14ClN3O2.ClH/c18-13-6-7-14-15(10-13)20-16(19-14)9-12-3-1-11(2-4-12)5-8-17(22)21-23;/h1-8,10,23H,9H2,(H,19,20)(H,21,22);1H/b8-5+;. The molecule has 24 heavy (non-hydrogen) atoms. The van der Waals surface area contributed by atoms with Crippen LogP contribution in [0, 0.1) is 0 Å². The number of carbonyl (C=O) groups excluding carboxylic acids is 1. The van der Waals surface area contributed by atoms with E-state index in [1.807, 2.05) is 42.5 Å². The summed E-state index contributed by atoms with van der Waals surface area (Å²) < 4.78 is 0. The van der Waals surface area contributed by atoms with Gasteiger partial charge in [-0.05, 0) is 35.4 Å². The number of hydrogen-bond donors (Lipinski definition) is 3. The van der Waals surface area contributed by atoms with E-state index in [1.54, 1.807) is 11.6 Å². The Bertz CT molecular complexity index is 873. The van der Waals surface area contributed by atoms with Crippen molar-refractivity contribution in [2.75, 3.05) is 0 Å². The van der Waals surface area contributed by atoms with Crippen molar-refractivity contribution in [3.63, 3.8) is 0 Å². The van der Waals surface area contributed by atoms with Gasteiger partial charge in [0.1, 0.15) is 5.82 Å². The monoisotopic (exact) mass is 363 g/mol. The molecule has 0 saturated heterocycles. The molecule has 0 fully saturated rings. The minimum Gasteiger partial charge on any atom is -0.342 e. The van der Waals surface area contributed by atoms with Crippen LogP contribution in [-0.2, 0) is 11.2 Å². The molecule has 0 saturated carbocycles. The van der Waals surface area contributed by atoms with Gasteiger partial charge >= 0.3 is 0 Å². The predicted octanol–water partition coefficient (Wildman–Crippen LogP) is 3.75. The number of hydroxylamine groups is 1. The molecule has 0 aliphatic carbocycles. The number of benzene rings is 2. The molecule has 124 valence electrons. The van der Waals surface area contributed by atoms with Crippen molar-refractivity contribution in [3.8, 4) is 0 Å². The zero-order valence-corrected chi connectivity index (χ0v) is 14.1. The number of halogens is 2. The second-order valence-corrected chi connectivity index (χ2v) is 5.51. The van der Waals surface area contributed by atoms with Crippen molar-refractivity contribution in [1.29, 1.82) is 0 Å². The Morgan fingerprint density at radius 3 is 2.71 bits per heavy atom. The zero-order valence-electron chi connectivity index (χ0n) is 12.5. The lowest BCUT2D eigenvalue weighted by molar-refractivity contribution is -0.124. The highest BCUT2D eigenvalue weighted by molar-refractivity contribution is 6.31. The first kappa shape index (κ1) is 18.0. The van der Waals surface area contributed by atoms with Crippen LogP contribution >= 0.6 is 24.0 Å². The highest BCUT2D eigenvalue weighted by atomic mass is 35.5. The summed E-state index contributed by atoms with van der Waals surface area (Å²) in [4.78, 5) is 18.7. The molecule has 2 aromatic carbocycles. The molecule has 0 atom stereocenters. The van der Waals surface area contributed by atoms with Crippen LogP contribution in [0.4, 0.5) is 0 Å². The molecule has 0 radical (unpaired) electrons. The van der Waals surface area contributed by atoms with Gasteiger partial charge in [-0.3, -0.25) is 10.0 Å². The number of fused-ring (bicyclic) bond motifs is 1. The maximum absolute atomic E-state index is 10.9. The molecule has 0 aliphatic rings. The first-order valence-electron chi connectivity index (χ1n) is 6.99.